The van der Waals surface area contributed by atoms with Crippen LogP contribution in [0.2, 0.25) is 0 Å². The molecule has 0 amide bonds. The molecule has 0 saturated carbocycles. The van der Waals surface area contributed by atoms with Gasteiger partial charge in [-0.3, -0.25) is 0 Å². The smallest absolute Gasteiger partial charge is 0.135 e. The van der Waals surface area contributed by atoms with Gasteiger partial charge in [0.05, 0.1) is 22.8 Å². The minimum Gasteiger partial charge on any atom is -0.464 e. The van der Waals surface area contributed by atoms with Crippen LogP contribution in [0.25, 0.3) is 33.2 Å². The third-order valence-electron chi connectivity index (χ3n) is 13.1. The van der Waals surface area contributed by atoms with Crippen LogP contribution in [0.5, 0.6) is 0 Å². The summed E-state index contributed by atoms with van der Waals surface area (Å²) in [5, 5.41) is 1.07. The van der Waals surface area contributed by atoms with Crippen LogP contribution in [0.3, 0.4) is 0 Å². The average Bonchev–Trinajstić information content (AvgIpc) is 4.01. The van der Waals surface area contributed by atoms with E-state index < -0.39 is 10.8 Å². The van der Waals surface area contributed by atoms with E-state index in [0.29, 0.717) is 0 Å². The van der Waals surface area contributed by atoms with Crippen molar-refractivity contribution < 1.29 is 4.42 Å². The zero-order valence-electron chi connectivity index (χ0n) is 32.9. The van der Waals surface area contributed by atoms with Crippen LogP contribution >= 0.6 is 0 Å². The van der Waals surface area contributed by atoms with Crippen LogP contribution in [0.4, 0.5) is 17.1 Å². The largest absolute Gasteiger partial charge is 0.464 e. The minimum atomic E-state index is -0.608. The highest BCUT2D eigenvalue weighted by Gasteiger charge is 2.49. The SMILES string of the molecule is c1ccc(C2(c3ccccc3)c3ccccc3-c3ccc(N(c4ccc5ccoc5c4)c4cccc5c4C(c4ccccc4)(c4ccccc4)c4ccccc4-5)cc32)cc1. The Hall–Kier alpha value is -7.68. The second kappa shape index (κ2) is 13.4. The fourth-order valence-corrected chi connectivity index (χ4v) is 10.7. The molecule has 12 rings (SSSR count). The van der Waals surface area contributed by atoms with E-state index in [0.717, 1.165) is 28.0 Å². The van der Waals surface area contributed by atoms with Gasteiger partial charge in [-0.25, -0.2) is 0 Å². The van der Waals surface area contributed by atoms with Gasteiger partial charge in [-0.1, -0.05) is 188 Å². The van der Waals surface area contributed by atoms with Crippen molar-refractivity contribution in [2.45, 2.75) is 10.8 Å². The molecule has 0 fully saturated rings. The summed E-state index contributed by atoms with van der Waals surface area (Å²) in [6.45, 7) is 0. The summed E-state index contributed by atoms with van der Waals surface area (Å²) in [4.78, 5) is 2.48. The van der Waals surface area contributed by atoms with Crippen LogP contribution in [0.15, 0.2) is 241 Å². The first kappa shape index (κ1) is 34.4. The molecule has 0 aliphatic heterocycles. The Morgan fingerprint density at radius 3 is 1.42 bits per heavy atom. The second-order valence-corrected chi connectivity index (χ2v) is 16.0. The van der Waals surface area contributed by atoms with Crippen molar-refractivity contribution in [1.29, 1.82) is 0 Å². The first-order valence-corrected chi connectivity index (χ1v) is 20.8. The molecule has 282 valence electrons. The Balaban J connectivity index is 1.20. The van der Waals surface area contributed by atoms with Crippen molar-refractivity contribution in [3.63, 3.8) is 0 Å². The standard InChI is InChI=1S/C58H39NO/c1-5-18-41(19-6-1)57(42-20-7-2-8-21-42)51-29-15-13-26-47(51)49-35-34-45(38-53(49)57)59(46-33-32-40-36-37-60-55(40)39-46)54-31-17-28-50-48-27-14-16-30-52(48)58(56(50)54,43-22-9-3-10-23-43)44-24-11-4-12-25-44/h1-39H. The molecule has 1 aromatic heterocycles. The zero-order valence-corrected chi connectivity index (χ0v) is 32.9. The van der Waals surface area contributed by atoms with E-state index in [4.69, 9.17) is 4.42 Å². The van der Waals surface area contributed by atoms with Crippen LogP contribution in [-0.2, 0) is 10.8 Å². The predicted molar refractivity (Wildman–Crippen MR) is 246 cm³/mol. The monoisotopic (exact) mass is 765 g/mol. The van der Waals surface area contributed by atoms with Crippen LogP contribution < -0.4 is 4.90 Å². The van der Waals surface area contributed by atoms with E-state index in [1.807, 2.05) is 6.07 Å². The number of hydrogen-bond donors (Lipinski definition) is 0. The molecule has 0 bridgehead atoms. The molecule has 60 heavy (non-hydrogen) atoms. The summed E-state index contributed by atoms with van der Waals surface area (Å²) in [5.74, 6) is 0. The van der Waals surface area contributed by atoms with E-state index >= 15 is 0 Å². The lowest BCUT2D eigenvalue weighted by Crippen LogP contribution is -2.31. The summed E-state index contributed by atoms with van der Waals surface area (Å²) in [6, 6.07) is 84.9. The molecule has 9 aromatic carbocycles. The normalized spacial score (nSPS) is 13.9. The fraction of sp³-hybridized carbons (Fsp3) is 0.0345. The maximum absolute atomic E-state index is 6.14. The molecule has 0 saturated heterocycles. The number of rotatable bonds is 7. The van der Waals surface area contributed by atoms with Gasteiger partial charge in [-0.15, -0.1) is 0 Å². The molecule has 10 aromatic rings. The highest BCUT2D eigenvalue weighted by atomic mass is 16.3. The van der Waals surface area contributed by atoms with Crippen molar-refractivity contribution in [3.8, 4) is 22.3 Å². The molecule has 1 heterocycles. The summed E-state index contributed by atoms with van der Waals surface area (Å²) in [5.41, 5.74) is 17.9. The average molecular weight is 766 g/mol. The Morgan fingerprint density at radius 2 is 0.800 bits per heavy atom. The summed E-state index contributed by atoms with van der Waals surface area (Å²) in [6.07, 6.45) is 1.78. The molecule has 0 atom stereocenters. The molecule has 2 aliphatic rings. The molecule has 0 radical (unpaired) electrons. The van der Waals surface area contributed by atoms with Crippen LogP contribution in [0, 0.1) is 0 Å². The summed E-state index contributed by atoms with van der Waals surface area (Å²) < 4.78 is 6.14. The van der Waals surface area contributed by atoms with Crippen molar-refractivity contribution in [1.82, 2.24) is 0 Å². The number of benzene rings is 9. The van der Waals surface area contributed by atoms with Gasteiger partial charge in [-0.05, 0) is 97.6 Å². The third-order valence-corrected chi connectivity index (χ3v) is 13.1. The molecule has 0 N–H and O–H groups in total. The van der Waals surface area contributed by atoms with Crippen molar-refractivity contribution in [3.05, 3.63) is 281 Å². The topological polar surface area (TPSA) is 16.4 Å². The van der Waals surface area contributed by atoms with Gasteiger partial charge in [-0.2, -0.15) is 0 Å². The lowest BCUT2D eigenvalue weighted by Gasteiger charge is -2.38. The number of fused-ring (bicyclic) bond motifs is 7. The van der Waals surface area contributed by atoms with Crippen molar-refractivity contribution in [2.24, 2.45) is 0 Å². The molecular weight excluding hydrogens is 727 g/mol. The number of anilines is 3. The molecular formula is C58H39NO. The van der Waals surface area contributed by atoms with Gasteiger partial charge >= 0.3 is 0 Å². The van der Waals surface area contributed by atoms with Gasteiger partial charge < -0.3 is 9.32 Å². The first-order chi connectivity index (χ1) is 29.8. The van der Waals surface area contributed by atoms with Crippen molar-refractivity contribution in [2.75, 3.05) is 4.90 Å². The van der Waals surface area contributed by atoms with Crippen LogP contribution in [0.1, 0.15) is 44.5 Å². The van der Waals surface area contributed by atoms with E-state index in [1.165, 1.54) is 66.8 Å². The predicted octanol–water partition coefficient (Wildman–Crippen LogP) is 14.6. The van der Waals surface area contributed by atoms with E-state index in [1.54, 1.807) is 6.26 Å². The molecule has 2 nitrogen and oxygen atoms in total. The molecule has 0 spiro atoms. The van der Waals surface area contributed by atoms with Gasteiger partial charge in [0.1, 0.15) is 5.58 Å². The third kappa shape index (κ3) is 4.76. The Labute approximate surface area is 350 Å². The van der Waals surface area contributed by atoms with E-state index in [2.05, 4.69) is 229 Å². The minimum absolute atomic E-state index is 0.548. The number of nitrogens with zero attached hydrogens (tertiary/aromatic N) is 1. The lowest BCUT2D eigenvalue weighted by atomic mass is 9.67. The maximum atomic E-state index is 6.14. The summed E-state index contributed by atoms with van der Waals surface area (Å²) in [7, 11) is 0. The number of furan rings is 1. The Bertz CT molecular complexity index is 3120. The highest BCUT2D eigenvalue weighted by molar-refractivity contribution is 5.97. The molecule has 0 unspecified atom stereocenters. The highest BCUT2D eigenvalue weighted by Crippen LogP contribution is 2.61. The van der Waals surface area contributed by atoms with Gasteiger partial charge in [0, 0.05) is 28.4 Å². The molecule has 2 aliphatic carbocycles. The quantitative estimate of drug-likeness (QED) is 0.161. The van der Waals surface area contributed by atoms with Crippen molar-refractivity contribution >= 4 is 28.0 Å². The zero-order chi connectivity index (χ0) is 39.7. The Morgan fingerprint density at radius 1 is 0.333 bits per heavy atom. The fourth-order valence-electron chi connectivity index (χ4n) is 10.7. The molecule has 2 heteroatoms. The number of hydrogen-bond acceptors (Lipinski definition) is 2. The van der Waals surface area contributed by atoms with Gasteiger partial charge in [0.25, 0.3) is 0 Å². The summed E-state index contributed by atoms with van der Waals surface area (Å²) >= 11 is 0. The lowest BCUT2D eigenvalue weighted by molar-refractivity contribution is 0.616. The Kier molecular flexibility index (Phi) is 7.70. The first-order valence-electron chi connectivity index (χ1n) is 20.8. The van der Waals surface area contributed by atoms with E-state index in [9.17, 15) is 0 Å². The van der Waals surface area contributed by atoms with Crippen LogP contribution in [-0.4, -0.2) is 0 Å². The van der Waals surface area contributed by atoms with E-state index in [-0.39, 0.29) is 0 Å². The van der Waals surface area contributed by atoms with Gasteiger partial charge in [0.2, 0.25) is 0 Å². The maximum Gasteiger partial charge on any atom is 0.135 e. The second-order valence-electron chi connectivity index (χ2n) is 16.0. The van der Waals surface area contributed by atoms with Gasteiger partial charge in [0.15, 0.2) is 0 Å².